The second-order valence-electron chi connectivity index (χ2n) is 7.03. The number of aryl methyl sites for hydroxylation is 1. The first-order valence-corrected chi connectivity index (χ1v) is 8.80. The molecule has 3 heterocycles. The van der Waals surface area contributed by atoms with Crippen LogP contribution >= 0.6 is 0 Å². The van der Waals surface area contributed by atoms with Crippen molar-refractivity contribution in [3.63, 3.8) is 0 Å². The van der Waals surface area contributed by atoms with Crippen molar-refractivity contribution in [1.29, 1.82) is 0 Å². The van der Waals surface area contributed by atoms with Gasteiger partial charge in [0.15, 0.2) is 5.69 Å². The molecule has 3 rings (SSSR count). The Morgan fingerprint density at radius 1 is 1.32 bits per heavy atom. The van der Waals surface area contributed by atoms with Crippen LogP contribution < -0.4 is 0 Å². The molecular weight excluding hydrogens is 335 g/mol. The Hall–Kier alpha value is -1.57. The molecule has 25 heavy (non-hydrogen) atoms. The van der Waals surface area contributed by atoms with Gasteiger partial charge in [0, 0.05) is 51.9 Å². The van der Waals surface area contributed by atoms with Crippen LogP contribution in [-0.4, -0.2) is 46.7 Å². The minimum absolute atomic E-state index is 0.0989. The molecule has 2 saturated heterocycles. The molecule has 2 aliphatic rings. The van der Waals surface area contributed by atoms with Crippen LogP contribution in [0.15, 0.2) is 6.20 Å². The molecule has 1 aromatic rings. The molecule has 1 amide bonds. The number of hydrogen-bond donors (Lipinski definition) is 0. The van der Waals surface area contributed by atoms with Gasteiger partial charge in [-0.1, -0.05) is 0 Å². The van der Waals surface area contributed by atoms with Crippen molar-refractivity contribution in [1.82, 2.24) is 14.5 Å². The summed E-state index contributed by atoms with van der Waals surface area (Å²) < 4.78 is 45.4. The van der Waals surface area contributed by atoms with E-state index in [0.29, 0.717) is 44.5 Å². The van der Waals surface area contributed by atoms with Crippen LogP contribution in [0.2, 0.25) is 0 Å². The number of likely N-dealkylation sites (tertiary alicyclic amines) is 1. The highest BCUT2D eigenvalue weighted by atomic mass is 19.4. The lowest BCUT2D eigenvalue weighted by molar-refractivity contribution is -0.141. The van der Waals surface area contributed by atoms with Crippen LogP contribution in [0.4, 0.5) is 13.2 Å². The Balaban J connectivity index is 1.64. The van der Waals surface area contributed by atoms with E-state index in [0.717, 1.165) is 31.9 Å². The van der Waals surface area contributed by atoms with Crippen molar-refractivity contribution in [2.75, 3.05) is 26.3 Å². The van der Waals surface area contributed by atoms with E-state index in [-0.39, 0.29) is 11.8 Å². The number of halogens is 3. The minimum Gasteiger partial charge on any atom is -0.381 e. The molecule has 1 aromatic heterocycles. The minimum atomic E-state index is -4.44. The molecule has 1 atom stereocenters. The normalized spacial score (nSPS) is 23.0. The standard InChI is InChI=1S/C17H24F3N3O2/c1-22-11-14(17(18,19)20)21-16(22)13-3-2-6-23(10-13)15(24)9-12-4-7-25-8-5-12/h11-13H,2-10H2,1H3. The van der Waals surface area contributed by atoms with Gasteiger partial charge in [-0.25, -0.2) is 4.98 Å². The third kappa shape index (κ3) is 4.34. The van der Waals surface area contributed by atoms with Gasteiger partial charge in [-0.3, -0.25) is 4.79 Å². The van der Waals surface area contributed by atoms with Gasteiger partial charge < -0.3 is 14.2 Å². The van der Waals surface area contributed by atoms with Crippen LogP contribution in [0.25, 0.3) is 0 Å². The Labute approximate surface area is 145 Å². The Morgan fingerprint density at radius 3 is 2.68 bits per heavy atom. The van der Waals surface area contributed by atoms with Crippen molar-refractivity contribution in [3.8, 4) is 0 Å². The maximum Gasteiger partial charge on any atom is 0.434 e. The first kappa shape index (κ1) is 18.2. The number of carbonyl (C=O) groups is 1. The fraction of sp³-hybridized carbons (Fsp3) is 0.765. The van der Waals surface area contributed by atoms with E-state index in [1.165, 1.54) is 4.57 Å². The molecule has 1 unspecified atom stereocenters. The largest absolute Gasteiger partial charge is 0.434 e. The first-order chi connectivity index (χ1) is 11.8. The first-order valence-electron chi connectivity index (χ1n) is 8.80. The molecule has 0 aliphatic carbocycles. The number of nitrogens with zero attached hydrogens (tertiary/aromatic N) is 3. The van der Waals surface area contributed by atoms with Crippen LogP contribution in [0, 0.1) is 5.92 Å². The van der Waals surface area contributed by atoms with E-state index >= 15 is 0 Å². The van der Waals surface area contributed by atoms with E-state index < -0.39 is 11.9 Å². The number of hydrogen-bond acceptors (Lipinski definition) is 3. The quantitative estimate of drug-likeness (QED) is 0.834. The molecule has 0 aromatic carbocycles. The van der Waals surface area contributed by atoms with Gasteiger partial charge in [0.05, 0.1) is 0 Å². The highest BCUT2D eigenvalue weighted by molar-refractivity contribution is 5.76. The highest BCUT2D eigenvalue weighted by Crippen LogP contribution is 2.32. The molecule has 0 spiro atoms. The number of rotatable bonds is 3. The summed E-state index contributed by atoms with van der Waals surface area (Å²) in [7, 11) is 1.58. The molecule has 0 radical (unpaired) electrons. The highest BCUT2D eigenvalue weighted by Gasteiger charge is 2.36. The summed E-state index contributed by atoms with van der Waals surface area (Å²) in [5.41, 5.74) is -0.865. The molecule has 8 heteroatoms. The topological polar surface area (TPSA) is 47.4 Å². The number of ether oxygens (including phenoxy) is 1. The van der Waals surface area contributed by atoms with Crippen LogP contribution in [0.1, 0.15) is 49.5 Å². The number of piperidine rings is 1. The fourth-order valence-electron chi connectivity index (χ4n) is 3.74. The maximum absolute atomic E-state index is 12.9. The van der Waals surface area contributed by atoms with Crippen molar-refractivity contribution in [2.45, 2.75) is 44.2 Å². The third-order valence-corrected chi connectivity index (χ3v) is 5.15. The summed E-state index contributed by atoms with van der Waals surface area (Å²) in [6, 6.07) is 0. The van der Waals surface area contributed by atoms with E-state index in [2.05, 4.69) is 4.98 Å². The number of carbonyl (C=O) groups excluding carboxylic acids is 1. The Kier molecular flexibility index (Phi) is 5.36. The van der Waals surface area contributed by atoms with Crippen molar-refractivity contribution >= 4 is 5.91 Å². The number of alkyl halides is 3. The van der Waals surface area contributed by atoms with Gasteiger partial charge >= 0.3 is 6.18 Å². The summed E-state index contributed by atoms with van der Waals surface area (Å²) in [6.07, 6.45) is 0.433. The lowest BCUT2D eigenvalue weighted by Gasteiger charge is -2.34. The van der Waals surface area contributed by atoms with E-state index in [4.69, 9.17) is 4.74 Å². The molecule has 0 saturated carbocycles. The van der Waals surface area contributed by atoms with E-state index in [1.54, 1.807) is 11.9 Å². The van der Waals surface area contributed by atoms with Crippen molar-refractivity contribution < 1.29 is 22.7 Å². The van der Waals surface area contributed by atoms with Gasteiger partial charge in [0.2, 0.25) is 5.91 Å². The van der Waals surface area contributed by atoms with E-state index in [1.807, 2.05) is 0 Å². The molecule has 0 bridgehead atoms. The molecule has 0 N–H and O–H groups in total. The number of aromatic nitrogens is 2. The van der Waals surface area contributed by atoms with Crippen LogP contribution in [-0.2, 0) is 22.8 Å². The van der Waals surface area contributed by atoms with Gasteiger partial charge in [0.25, 0.3) is 0 Å². The van der Waals surface area contributed by atoms with Gasteiger partial charge in [-0.15, -0.1) is 0 Å². The van der Waals surface area contributed by atoms with E-state index in [9.17, 15) is 18.0 Å². The number of imidazole rings is 1. The fourth-order valence-corrected chi connectivity index (χ4v) is 3.74. The SMILES string of the molecule is Cn1cc(C(F)(F)F)nc1C1CCCN(C(=O)CC2CCOCC2)C1. The second kappa shape index (κ2) is 7.35. The summed E-state index contributed by atoms with van der Waals surface area (Å²) >= 11 is 0. The zero-order valence-electron chi connectivity index (χ0n) is 14.4. The monoisotopic (exact) mass is 359 g/mol. The predicted octanol–water partition coefficient (Wildman–Crippen LogP) is 2.96. The molecule has 2 fully saturated rings. The van der Waals surface area contributed by atoms with Gasteiger partial charge in [-0.2, -0.15) is 13.2 Å². The maximum atomic E-state index is 12.9. The van der Waals surface area contributed by atoms with Crippen molar-refractivity contribution in [3.05, 3.63) is 17.7 Å². The third-order valence-electron chi connectivity index (χ3n) is 5.15. The number of amides is 1. The molecule has 140 valence electrons. The lowest BCUT2D eigenvalue weighted by atomic mass is 9.93. The molecule has 5 nitrogen and oxygen atoms in total. The van der Waals surface area contributed by atoms with Crippen LogP contribution in [0.3, 0.4) is 0 Å². The van der Waals surface area contributed by atoms with Crippen LogP contribution in [0.5, 0.6) is 0 Å². The Morgan fingerprint density at radius 2 is 2.04 bits per heavy atom. The predicted molar refractivity (Wildman–Crippen MR) is 84.9 cm³/mol. The zero-order chi connectivity index (χ0) is 18.0. The molecule has 2 aliphatic heterocycles. The van der Waals surface area contributed by atoms with Gasteiger partial charge in [-0.05, 0) is 31.6 Å². The lowest BCUT2D eigenvalue weighted by Crippen LogP contribution is -2.40. The summed E-state index contributed by atoms with van der Waals surface area (Å²) in [5, 5.41) is 0. The summed E-state index contributed by atoms with van der Waals surface area (Å²) in [4.78, 5) is 18.2. The smallest absolute Gasteiger partial charge is 0.381 e. The van der Waals surface area contributed by atoms with Crippen molar-refractivity contribution in [2.24, 2.45) is 13.0 Å². The second-order valence-corrected chi connectivity index (χ2v) is 7.03. The average Bonchev–Trinajstić information content (AvgIpc) is 2.98. The Bertz CT molecular complexity index is 609. The molecular formula is C17H24F3N3O2. The summed E-state index contributed by atoms with van der Waals surface area (Å²) in [6.45, 7) is 2.53. The van der Waals surface area contributed by atoms with Gasteiger partial charge in [0.1, 0.15) is 5.82 Å². The summed E-state index contributed by atoms with van der Waals surface area (Å²) in [5.74, 6) is 0.720. The average molecular weight is 359 g/mol. The zero-order valence-corrected chi connectivity index (χ0v) is 14.4.